The van der Waals surface area contributed by atoms with E-state index >= 15 is 0 Å². The van der Waals surface area contributed by atoms with Gasteiger partial charge in [-0.25, -0.2) is 0 Å². The summed E-state index contributed by atoms with van der Waals surface area (Å²) in [6, 6.07) is 33.2. The van der Waals surface area contributed by atoms with E-state index in [4.69, 9.17) is 72.5 Å². The van der Waals surface area contributed by atoms with Gasteiger partial charge in [-0.05, 0) is 159 Å². The van der Waals surface area contributed by atoms with E-state index in [9.17, 15) is 19.2 Å². The van der Waals surface area contributed by atoms with Gasteiger partial charge >= 0.3 is 0 Å². The van der Waals surface area contributed by atoms with Crippen LogP contribution in [-0.4, -0.2) is 222 Å². The second-order valence-electron chi connectivity index (χ2n) is 32.3. The van der Waals surface area contributed by atoms with Gasteiger partial charge in [0.15, 0.2) is 0 Å². The molecule has 3 fully saturated rings. The van der Waals surface area contributed by atoms with E-state index in [0.717, 1.165) is 126 Å². The molecule has 0 radical (unpaired) electrons. The minimum atomic E-state index is -0.200. The zero-order chi connectivity index (χ0) is 93.8. The van der Waals surface area contributed by atoms with Crippen LogP contribution in [0.1, 0.15) is 89.6 Å². The molecule has 0 unspecified atom stereocenters. The van der Waals surface area contributed by atoms with Crippen molar-refractivity contribution in [1.82, 2.24) is 99.8 Å². The van der Waals surface area contributed by atoms with Crippen molar-refractivity contribution in [3.8, 4) is 79.5 Å². The molecular formula is C97H104N24O13. The lowest BCUT2D eigenvalue weighted by Crippen LogP contribution is -2.26. The zero-order valence-corrected chi connectivity index (χ0v) is 76.6. The van der Waals surface area contributed by atoms with Crippen LogP contribution < -0.4 is 65.6 Å². The number of ether oxygens (including phenoxy) is 9. The third-order valence-corrected chi connectivity index (χ3v) is 22.6. The average Bonchev–Trinajstić information content (AvgIpc) is 1.62. The third-order valence-electron chi connectivity index (χ3n) is 22.6. The Morgan fingerprint density at radius 1 is 0.396 bits per heavy atom. The van der Waals surface area contributed by atoms with Crippen molar-refractivity contribution in [2.75, 3.05) is 117 Å². The molecule has 37 heteroatoms. The van der Waals surface area contributed by atoms with Gasteiger partial charge < -0.3 is 114 Å². The zero-order valence-electron chi connectivity index (χ0n) is 76.6. The SMILES string of the molecule is CNC(=O)c1ccc(Nc2nc(OC)c3c(-c4ccnc(C)c4)c[nH]c3n2)c(OC)c1.CNC(=O)c1ccc(Nc2nc(OC3CCOCC3)c3c(-c4ccnc(C)c4)c[nH]c3n2)c(OC)c1.CNC(=O)c1ccc(Nc2nc(O[C@H]3CCOC3)c3c(-c4ccn(C)c4)c[nH]c3n2)c(C)c1.Cc1cc(C(=O)N(C)C)ccc1Nc1nc(O[C@H]2CCOC2)c2c(-c3ccn(C)c3)c[nH]c2n1. The van der Waals surface area contributed by atoms with Crippen molar-refractivity contribution in [1.29, 1.82) is 0 Å². The molecule has 3 saturated heterocycles. The molecule has 0 bridgehead atoms. The number of aryl methyl sites for hydroxylation is 6. The fourth-order valence-corrected chi connectivity index (χ4v) is 15.7. The van der Waals surface area contributed by atoms with Crippen LogP contribution in [0, 0.1) is 27.7 Å². The Kier molecular flexibility index (Phi) is 27.9. The highest BCUT2D eigenvalue weighted by Gasteiger charge is 2.29. The second kappa shape index (κ2) is 41.0. The maximum Gasteiger partial charge on any atom is 0.253 e. The monoisotopic (exact) mass is 1810 g/mol. The van der Waals surface area contributed by atoms with Crippen LogP contribution in [0.2, 0.25) is 0 Å². The van der Waals surface area contributed by atoms with E-state index in [1.54, 1.807) is 115 Å². The number of methoxy groups -OCH3 is 3. The lowest BCUT2D eigenvalue weighted by molar-refractivity contribution is 0.0244. The minimum absolute atomic E-state index is 0.00648. The van der Waals surface area contributed by atoms with Gasteiger partial charge in [-0.1, -0.05) is 0 Å². The first-order valence-corrected chi connectivity index (χ1v) is 43.5. The molecule has 3 aliphatic rings. The summed E-state index contributed by atoms with van der Waals surface area (Å²) >= 11 is 0. The summed E-state index contributed by atoms with van der Waals surface area (Å²) in [5.74, 6) is 3.85. The molecule has 16 aromatic rings. The van der Waals surface area contributed by atoms with Crippen LogP contribution in [0.25, 0.3) is 88.6 Å². The molecule has 0 aliphatic carbocycles. The third kappa shape index (κ3) is 20.7. The van der Waals surface area contributed by atoms with Gasteiger partial charge in [-0.15, -0.1) is 0 Å². The van der Waals surface area contributed by atoms with Gasteiger partial charge in [0, 0.05) is 215 Å². The van der Waals surface area contributed by atoms with Gasteiger partial charge in [0.1, 0.15) is 52.4 Å². The maximum atomic E-state index is 12.3. The molecule has 19 rings (SSSR count). The maximum absolute atomic E-state index is 12.3. The number of benzene rings is 4. The van der Waals surface area contributed by atoms with E-state index in [0.29, 0.717) is 155 Å². The molecule has 0 saturated carbocycles. The Morgan fingerprint density at radius 3 is 1.09 bits per heavy atom. The topological polar surface area (TPSA) is 441 Å². The number of pyridine rings is 2. The summed E-state index contributed by atoms with van der Waals surface area (Å²) in [4.78, 5) is 109. The minimum Gasteiger partial charge on any atom is -0.495 e. The molecular weight excluding hydrogens is 1710 g/mol. The molecule has 2 atom stereocenters. The number of aromatic nitrogens is 16. The van der Waals surface area contributed by atoms with Crippen LogP contribution in [0.15, 0.2) is 171 Å². The van der Waals surface area contributed by atoms with Gasteiger partial charge in [-0.3, -0.25) is 29.1 Å². The molecule has 4 aromatic carbocycles. The van der Waals surface area contributed by atoms with E-state index in [1.165, 1.54) is 7.11 Å². The van der Waals surface area contributed by atoms with Crippen LogP contribution in [0.5, 0.6) is 35.0 Å². The molecule has 37 nitrogen and oxygen atoms in total. The van der Waals surface area contributed by atoms with Crippen LogP contribution >= 0.6 is 0 Å². The number of carbonyl (C=O) groups excluding carboxylic acids is 4. The van der Waals surface area contributed by atoms with Crippen LogP contribution in [0.3, 0.4) is 0 Å². The number of rotatable bonds is 25. The molecule has 0 spiro atoms. The average molecular weight is 1810 g/mol. The van der Waals surface area contributed by atoms with Gasteiger partial charge in [-0.2, -0.15) is 39.9 Å². The molecule has 15 heterocycles. The number of carbonyl (C=O) groups is 4. The molecule has 12 aromatic heterocycles. The van der Waals surface area contributed by atoms with E-state index < -0.39 is 0 Å². The number of amides is 4. The molecule has 11 N–H and O–H groups in total. The fraction of sp³-hybridized carbons (Fsp3) is 0.278. The standard InChI is InChI=1S/C26H28N6O4.C25H28N6O3.C24H26N6O3.C22H22N6O3/c1-15-12-16(6-9-28-15)19-14-29-23-22(19)25(36-18-7-10-35-11-8-18)32-26(31-23)30-20-5-4-17(24(33)27-2)13-21(20)34-3;1-15-11-16(24(32)30(2)3)5-6-20(15)27-25-28-22-21(23(29-25)34-18-8-10-33-14-18)19(12-26-22)17-7-9-31(4)13-17;1-14-10-15(22(31)25-2)4-5-19(14)27-24-28-21-20(23(29-24)33-17-7-9-32-13-17)18(11-26-21)16-6-8-30(3)12-16;1-12-9-13(7-8-24-12)15-11-25-19-18(15)21(31-4)28-22(27-19)26-16-6-5-14(20(29)23-2)10-17(16)30-3/h4-6,9,12-14,18H,7-8,10-11H2,1-3H3,(H,27,33)(H2,29,30,31,32);5-7,9,11-13,18H,8,10,14H2,1-4H3,(H2,26,27,28,29);4-6,8,10-12,17H,7,9,13H2,1-3H3,(H,25,31)(H2,26,27,28,29);5-11H,1-4H3,(H,23,29)(H2,25,26,27,28)/t;18-;17-;/m.00./s1. The first-order chi connectivity index (χ1) is 65.0. The van der Waals surface area contributed by atoms with Gasteiger partial charge in [0.25, 0.3) is 23.6 Å². The smallest absolute Gasteiger partial charge is 0.253 e. The number of aromatic amines is 4. The summed E-state index contributed by atoms with van der Waals surface area (Å²) in [7, 11) is 16.9. The van der Waals surface area contributed by atoms with Crippen molar-refractivity contribution in [3.63, 3.8) is 0 Å². The van der Waals surface area contributed by atoms with Crippen molar-refractivity contribution in [3.05, 3.63) is 216 Å². The number of nitrogens with zero attached hydrogens (tertiary/aromatic N) is 13. The van der Waals surface area contributed by atoms with Gasteiger partial charge in [0.2, 0.25) is 47.3 Å². The number of hydrogen-bond donors (Lipinski definition) is 11. The second-order valence-corrected chi connectivity index (χ2v) is 32.3. The summed E-state index contributed by atoms with van der Waals surface area (Å²) in [5.41, 5.74) is 19.3. The highest BCUT2D eigenvalue weighted by Crippen LogP contribution is 2.43. The van der Waals surface area contributed by atoms with Crippen LogP contribution in [0.4, 0.5) is 46.5 Å². The molecule has 3 aliphatic heterocycles. The summed E-state index contributed by atoms with van der Waals surface area (Å²) < 4.78 is 56.0. The van der Waals surface area contributed by atoms with E-state index in [2.05, 4.69) is 102 Å². The Balaban J connectivity index is 0.000000130. The van der Waals surface area contributed by atoms with Crippen molar-refractivity contribution < 1.29 is 61.8 Å². The first-order valence-electron chi connectivity index (χ1n) is 43.5. The Hall–Kier alpha value is -16.0. The number of nitrogens with one attached hydrogen (secondary N) is 11. The number of H-pyrrole nitrogens is 4. The lowest BCUT2D eigenvalue weighted by atomic mass is 10.1. The predicted octanol–water partition coefficient (Wildman–Crippen LogP) is 14.9. The highest BCUT2D eigenvalue weighted by molar-refractivity contribution is 6.03. The highest BCUT2D eigenvalue weighted by atomic mass is 16.6. The summed E-state index contributed by atoms with van der Waals surface area (Å²) in [6.07, 6.45) is 22.4. The van der Waals surface area contributed by atoms with Crippen LogP contribution in [-0.2, 0) is 28.3 Å². The largest absolute Gasteiger partial charge is 0.495 e. The molecule has 134 heavy (non-hydrogen) atoms. The first kappa shape index (κ1) is 91.3. The normalized spacial score (nSPS) is 14.0. The van der Waals surface area contributed by atoms with Gasteiger partial charge in [0.05, 0.1) is 93.9 Å². The van der Waals surface area contributed by atoms with E-state index in [-0.39, 0.29) is 41.9 Å². The quantitative estimate of drug-likeness (QED) is 0.0253. The van der Waals surface area contributed by atoms with E-state index in [1.807, 2.05) is 137 Å². The number of fused-ring (bicyclic) bond motifs is 4. The molecule has 4 amide bonds. The Bertz CT molecular complexity index is 6980. The van der Waals surface area contributed by atoms with Crippen molar-refractivity contribution in [2.45, 2.75) is 71.7 Å². The fourth-order valence-electron chi connectivity index (χ4n) is 15.7. The van der Waals surface area contributed by atoms with Crippen molar-refractivity contribution in [2.24, 2.45) is 14.1 Å². The Labute approximate surface area is 770 Å². The summed E-state index contributed by atoms with van der Waals surface area (Å²) in [6.45, 7) is 11.5. The number of anilines is 8. The predicted molar refractivity (Wildman–Crippen MR) is 511 cm³/mol. The molecule has 690 valence electrons. The lowest BCUT2D eigenvalue weighted by Gasteiger charge is -2.23. The Morgan fingerprint density at radius 2 is 0.739 bits per heavy atom. The number of hydrogen-bond acceptors (Lipinski definition) is 27. The van der Waals surface area contributed by atoms with Crippen molar-refractivity contribution >= 4 is 114 Å². The summed E-state index contributed by atoms with van der Waals surface area (Å²) in [5, 5.41) is 24.0.